The molecule has 0 radical (unpaired) electrons. The molecule has 1 aliphatic rings. The fourth-order valence-corrected chi connectivity index (χ4v) is 2.96. The van der Waals surface area contributed by atoms with E-state index in [4.69, 9.17) is 0 Å². The third-order valence-electron chi connectivity index (χ3n) is 4.20. The van der Waals surface area contributed by atoms with E-state index in [9.17, 15) is 0 Å². The highest BCUT2D eigenvalue weighted by Gasteiger charge is 2.32. The van der Waals surface area contributed by atoms with E-state index in [0.717, 1.165) is 18.1 Å². The number of hydrogen-bond acceptors (Lipinski definition) is 2. The predicted octanol–water partition coefficient (Wildman–Crippen LogP) is 3.03. The van der Waals surface area contributed by atoms with Crippen LogP contribution < -0.4 is 5.32 Å². The Labute approximate surface area is 102 Å². The second-order valence-corrected chi connectivity index (χ2v) is 5.24. The van der Waals surface area contributed by atoms with Gasteiger partial charge in [0.25, 0.3) is 0 Å². The second-order valence-electron chi connectivity index (χ2n) is 5.24. The minimum atomic E-state index is 0.728. The van der Waals surface area contributed by atoms with Crippen LogP contribution in [0.5, 0.6) is 0 Å². The number of hydrogen-bond donors (Lipinski definition) is 1. The van der Waals surface area contributed by atoms with Gasteiger partial charge in [-0.05, 0) is 46.2 Å². The fraction of sp³-hybridized carbons (Fsp3) is 1.00. The topological polar surface area (TPSA) is 15.3 Å². The number of likely N-dealkylation sites (N-methyl/N-ethyl adjacent to an activating group) is 1. The molecule has 3 atom stereocenters. The summed E-state index contributed by atoms with van der Waals surface area (Å²) in [5, 5.41) is 3.51. The first-order valence-electron chi connectivity index (χ1n) is 7.17. The van der Waals surface area contributed by atoms with Crippen LogP contribution >= 0.6 is 0 Å². The monoisotopic (exact) mass is 226 g/mol. The van der Waals surface area contributed by atoms with Crippen LogP contribution in [0.1, 0.15) is 59.3 Å². The molecule has 1 fully saturated rings. The van der Waals surface area contributed by atoms with Crippen molar-refractivity contribution in [3.05, 3.63) is 0 Å². The van der Waals surface area contributed by atoms with Crippen LogP contribution in [0.25, 0.3) is 0 Å². The van der Waals surface area contributed by atoms with E-state index in [1.165, 1.54) is 45.1 Å². The average molecular weight is 226 g/mol. The summed E-state index contributed by atoms with van der Waals surface area (Å²) in [6.07, 6.45) is 8.08. The Kier molecular flexibility index (Phi) is 6.37. The number of unbranched alkanes of at least 4 members (excludes halogenated alkanes) is 1. The number of nitrogens with zero attached hydrogens (tertiary/aromatic N) is 1. The predicted molar refractivity (Wildman–Crippen MR) is 71.9 cm³/mol. The zero-order chi connectivity index (χ0) is 12.0. The molecule has 2 heteroatoms. The lowest BCUT2D eigenvalue weighted by atomic mass is 10.1. The van der Waals surface area contributed by atoms with Crippen molar-refractivity contribution in [3.8, 4) is 0 Å². The summed E-state index contributed by atoms with van der Waals surface area (Å²) in [4.78, 5) is 2.76. The molecule has 96 valence electrons. The van der Waals surface area contributed by atoms with Crippen LogP contribution in [0.15, 0.2) is 0 Å². The zero-order valence-electron chi connectivity index (χ0n) is 11.6. The molecular weight excluding hydrogens is 196 g/mol. The Morgan fingerprint density at radius 2 is 2.06 bits per heavy atom. The van der Waals surface area contributed by atoms with Gasteiger partial charge in [0.15, 0.2) is 0 Å². The van der Waals surface area contributed by atoms with Gasteiger partial charge in [-0.15, -0.1) is 0 Å². The summed E-state index contributed by atoms with van der Waals surface area (Å²) in [6.45, 7) is 8.28. The summed E-state index contributed by atoms with van der Waals surface area (Å²) >= 11 is 0. The Morgan fingerprint density at radius 3 is 2.62 bits per heavy atom. The Balaban J connectivity index is 2.59. The lowest BCUT2D eigenvalue weighted by Gasteiger charge is -2.37. The first kappa shape index (κ1) is 14.0. The van der Waals surface area contributed by atoms with Gasteiger partial charge in [0.05, 0.1) is 0 Å². The molecule has 1 saturated carbocycles. The van der Waals surface area contributed by atoms with Crippen molar-refractivity contribution in [2.24, 2.45) is 0 Å². The smallest absolute Gasteiger partial charge is 0.0252 e. The van der Waals surface area contributed by atoms with E-state index in [1.54, 1.807) is 0 Å². The van der Waals surface area contributed by atoms with Gasteiger partial charge in [0.1, 0.15) is 0 Å². The highest BCUT2D eigenvalue weighted by molar-refractivity contribution is 4.91. The van der Waals surface area contributed by atoms with E-state index in [-0.39, 0.29) is 0 Å². The van der Waals surface area contributed by atoms with E-state index in [2.05, 4.69) is 38.0 Å². The first-order chi connectivity index (χ1) is 7.74. The lowest BCUT2D eigenvalue weighted by molar-refractivity contribution is 0.122. The molecule has 0 amide bonds. The largest absolute Gasteiger partial charge is 0.315 e. The van der Waals surface area contributed by atoms with Crippen molar-refractivity contribution in [1.82, 2.24) is 10.2 Å². The molecule has 1 rings (SSSR count). The van der Waals surface area contributed by atoms with Crippen molar-refractivity contribution in [3.63, 3.8) is 0 Å². The molecule has 0 aromatic rings. The molecule has 1 N–H and O–H groups in total. The van der Waals surface area contributed by atoms with E-state index < -0.39 is 0 Å². The summed E-state index contributed by atoms with van der Waals surface area (Å²) < 4.78 is 0. The van der Waals surface area contributed by atoms with Gasteiger partial charge in [0.2, 0.25) is 0 Å². The molecule has 0 aliphatic heterocycles. The highest BCUT2D eigenvalue weighted by Crippen LogP contribution is 2.26. The molecular formula is C14H30N2. The Hall–Kier alpha value is -0.0800. The molecule has 0 heterocycles. The molecule has 2 nitrogen and oxygen atoms in total. The fourth-order valence-electron chi connectivity index (χ4n) is 2.96. The van der Waals surface area contributed by atoms with Crippen LogP contribution in [0.3, 0.4) is 0 Å². The maximum atomic E-state index is 3.51. The third kappa shape index (κ3) is 3.46. The zero-order valence-corrected chi connectivity index (χ0v) is 11.6. The summed E-state index contributed by atoms with van der Waals surface area (Å²) in [6, 6.07) is 2.25. The highest BCUT2D eigenvalue weighted by atomic mass is 15.2. The molecule has 1 aliphatic carbocycles. The van der Waals surface area contributed by atoms with Gasteiger partial charge in [-0.2, -0.15) is 0 Å². The minimum Gasteiger partial charge on any atom is -0.315 e. The molecule has 0 bridgehead atoms. The van der Waals surface area contributed by atoms with Gasteiger partial charge in [-0.1, -0.05) is 26.7 Å². The third-order valence-corrected chi connectivity index (χ3v) is 4.20. The van der Waals surface area contributed by atoms with Crippen molar-refractivity contribution in [2.75, 3.05) is 13.6 Å². The molecule has 0 spiro atoms. The maximum Gasteiger partial charge on any atom is 0.0252 e. The second kappa shape index (κ2) is 7.29. The van der Waals surface area contributed by atoms with Gasteiger partial charge in [-0.3, -0.25) is 4.90 Å². The van der Waals surface area contributed by atoms with Crippen molar-refractivity contribution in [1.29, 1.82) is 0 Å². The molecule has 3 unspecified atom stereocenters. The molecule has 0 aromatic carbocycles. The molecule has 0 saturated heterocycles. The maximum absolute atomic E-state index is 3.51. The van der Waals surface area contributed by atoms with Crippen LogP contribution in [0.4, 0.5) is 0 Å². The van der Waals surface area contributed by atoms with Gasteiger partial charge >= 0.3 is 0 Å². The lowest BCUT2D eigenvalue weighted by Crippen LogP contribution is -2.49. The summed E-state index contributed by atoms with van der Waals surface area (Å²) in [5.41, 5.74) is 0. The first-order valence-corrected chi connectivity index (χ1v) is 7.17. The van der Waals surface area contributed by atoms with Crippen LogP contribution in [0.2, 0.25) is 0 Å². The van der Waals surface area contributed by atoms with Crippen molar-refractivity contribution in [2.45, 2.75) is 77.4 Å². The standard InChI is InChI=1S/C14H30N2/c1-5-7-11-16(12(3)6-2)14-10-8-9-13(14)15-4/h12-15H,5-11H2,1-4H3. The average Bonchev–Trinajstić information content (AvgIpc) is 2.77. The quantitative estimate of drug-likeness (QED) is 0.718. The Bertz CT molecular complexity index is 182. The molecule has 0 aromatic heterocycles. The summed E-state index contributed by atoms with van der Waals surface area (Å²) in [7, 11) is 2.12. The van der Waals surface area contributed by atoms with Crippen LogP contribution in [0, 0.1) is 0 Å². The SMILES string of the molecule is CCCCN(C(C)CC)C1CCCC1NC. The molecule has 16 heavy (non-hydrogen) atoms. The van der Waals surface area contributed by atoms with Gasteiger partial charge in [0, 0.05) is 18.1 Å². The Morgan fingerprint density at radius 1 is 1.31 bits per heavy atom. The van der Waals surface area contributed by atoms with E-state index >= 15 is 0 Å². The minimum absolute atomic E-state index is 0.728. The number of rotatable bonds is 7. The summed E-state index contributed by atoms with van der Waals surface area (Å²) in [5.74, 6) is 0. The van der Waals surface area contributed by atoms with Gasteiger partial charge in [-0.25, -0.2) is 0 Å². The van der Waals surface area contributed by atoms with Crippen LogP contribution in [-0.2, 0) is 0 Å². The van der Waals surface area contributed by atoms with Gasteiger partial charge < -0.3 is 5.32 Å². The van der Waals surface area contributed by atoms with Crippen LogP contribution in [-0.4, -0.2) is 36.6 Å². The number of nitrogens with one attached hydrogen (secondary N) is 1. The van der Waals surface area contributed by atoms with E-state index in [0.29, 0.717) is 0 Å². The normalized spacial score (nSPS) is 27.6. The van der Waals surface area contributed by atoms with Crippen molar-refractivity contribution < 1.29 is 0 Å². The van der Waals surface area contributed by atoms with Crippen molar-refractivity contribution >= 4 is 0 Å². The van der Waals surface area contributed by atoms with E-state index in [1.807, 2.05) is 0 Å².